The Morgan fingerprint density at radius 2 is 1.73 bits per heavy atom. The predicted octanol–water partition coefficient (Wildman–Crippen LogP) is 2.99. The van der Waals surface area contributed by atoms with E-state index in [-0.39, 0.29) is 23.8 Å². The number of nitrogens with one attached hydrogen (secondary N) is 1. The van der Waals surface area contributed by atoms with Gasteiger partial charge in [0.05, 0.1) is 6.61 Å². The Kier molecular flexibility index (Phi) is 10.7. The highest BCUT2D eigenvalue weighted by Crippen LogP contribution is 2.25. The van der Waals surface area contributed by atoms with Crippen LogP contribution >= 0.6 is 0 Å². The van der Waals surface area contributed by atoms with Crippen molar-refractivity contribution in [2.24, 2.45) is 5.73 Å². The molecule has 4 rings (SSSR count). The van der Waals surface area contributed by atoms with Crippen molar-refractivity contribution in [1.82, 2.24) is 25.1 Å². The van der Waals surface area contributed by atoms with Crippen LogP contribution in [0.25, 0.3) is 11.4 Å². The SMILES string of the molecule is CCOC(=O)N1CCN(C(=O)C(CCCCN)NC(=O)c2cc(OC3CCCC3)nc(-c3ccccc3)n2)CC1. The van der Waals surface area contributed by atoms with E-state index in [1.54, 1.807) is 22.8 Å². The van der Waals surface area contributed by atoms with Crippen molar-refractivity contribution >= 4 is 17.9 Å². The first kappa shape index (κ1) is 29.3. The van der Waals surface area contributed by atoms with E-state index >= 15 is 0 Å². The molecule has 0 bridgehead atoms. The van der Waals surface area contributed by atoms with E-state index in [2.05, 4.69) is 15.3 Å². The fourth-order valence-corrected chi connectivity index (χ4v) is 5.02. The minimum absolute atomic E-state index is 0.0632. The van der Waals surface area contributed by atoms with E-state index < -0.39 is 11.9 Å². The van der Waals surface area contributed by atoms with Gasteiger partial charge in [0.15, 0.2) is 5.82 Å². The summed E-state index contributed by atoms with van der Waals surface area (Å²) in [5.41, 5.74) is 6.60. The lowest BCUT2D eigenvalue weighted by atomic mass is 10.1. The van der Waals surface area contributed by atoms with Gasteiger partial charge < -0.3 is 30.3 Å². The summed E-state index contributed by atoms with van der Waals surface area (Å²) in [4.78, 5) is 51.5. The Balaban J connectivity index is 1.50. The standard InChI is InChI=1S/C29H40N6O5/c1-2-39-29(38)35-18-16-34(17-19-35)28(37)23(14-8-9-15-30)32-27(36)24-20-25(40-22-12-6-7-13-22)33-26(31-24)21-10-4-3-5-11-21/h3-5,10-11,20,22-23H,2,6-9,12-19,30H2,1H3,(H,32,36). The molecular formula is C29H40N6O5. The van der Waals surface area contributed by atoms with Crippen LogP contribution in [0.5, 0.6) is 5.88 Å². The van der Waals surface area contributed by atoms with Crippen molar-refractivity contribution in [3.8, 4) is 17.3 Å². The zero-order chi connectivity index (χ0) is 28.3. The second-order valence-electron chi connectivity index (χ2n) is 10.1. The number of piperazine rings is 1. The molecule has 1 aliphatic heterocycles. The number of benzene rings is 1. The molecule has 1 aromatic heterocycles. The van der Waals surface area contributed by atoms with Crippen molar-refractivity contribution in [3.05, 3.63) is 42.1 Å². The lowest BCUT2D eigenvalue weighted by molar-refractivity contribution is -0.135. The van der Waals surface area contributed by atoms with E-state index in [0.717, 1.165) is 37.7 Å². The largest absolute Gasteiger partial charge is 0.474 e. The minimum Gasteiger partial charge on any atom is -0.474 e. The van der Waals surface area contributed by atoms with Crippen LogP contribution in [-0.2, 0) is 9.53 Å². The predicted molar refractivity (Wildman–Crippen MR) is 150 cm³/mol. The normalized spacial score (nSPS) is 16.4. The van der Waals surface area contributed by atoms with Gasteiger partial charge >= 0.3 is 6.09 Å². The second kappa shape index (κ2) is 14.6. The first-order valence-corrected chi connectivity index (χ1v) is 14.3. The number of hydrogen-bond donors (Lipinski definition) is 2. The number of unbranched alkanes of at least 4 members (excludes halogenated alkanes) is 1. The highest BCUT2D eigenvalue weighted by molar-refractivity contribution is 5.96. The minimum atomic E-state index is -0.748. The monoisotopic (exact) mass is 552 g/mol. The number of nitrogens with zero attached hydrogens (tertiary/aromatic N) is 4. The number of amides is 3. The summed E-state index contributed by atoms with van der Waals surface area (Å²) < 4.78 is 11.2. The molecule has 2 fully saturated rings. The maximum absolute atomic E-state index is 13.5. The highest BCUT2D eigenvalue weighted by Gasteiger charge is 2.31. The van der Waals surface area contributed by atoms with Gasteiger partial charge in [-0.25, -0.2) is 9.78 Å². The van der Waals surface area contributed by atoms with Crippen LogP contribution < -0.4 is 15.8 Å². The van der Waals surface area contributed by atoms with Crippen LogP contribution in [0.2, 0.25) is 0 Å². The third kappa shape index (κ3) is 7.91. The molecule has 2 heterocycles. The second-order valence-corrected chi connectivity index (χ2v) is 10.1. The summed E-state index contributed by atoms with van der Waals surface area (Å²) >= 11 is 0. The molecule has 3 N–H and O–H groups in total. The van der Waals surface area contributed by atoms with E-state index in [0.29, 0.717) is 63.9 Å². The van der Waals surface area contributed by atoms with E-state index in [4.69, 9.17) is 15.2 Å². The Morgan fingerprint density at radius 1 is 1.02 bits per heavy atom. The van der Waals surface area contributed by atoms with Crippen molar-refractivity contribution < 1.29 is 23.9 Å². The fourth-order valence-electron chi connectivity index (χ4n) is 5.02. The average Bonchev–Trinajstić information content (AvgIpc) is 3.50. The molecule has 40 heavy (non-hydrogen) atoms. The first-order chi connectivity index (χ1) is 19.5. The van der Waals surface area contributed by atoms with Crippen LogP contribution in [0, 0.1) is 0 Å². The van der Waals surface area contributed by atoms with Crippen LogP contribution in [0.4, 0.5) is 4.79 Å². The molecule has 11 nitrogen and oxygen atoms in total. The Bertz CT molecular complexity index is 1130. The first-order valence-electron chi connectivity index (χ1n) is 14.3. The zero-order valence-electron chi connectivity index (χ0n) is 23.2. The van der Waals surface area contributed by atoms with Crippen LogP contribution in [0.15, 0.2) is 36.4 Å². The number of carbonyl (C=O) groups excluding carboxylic acids is 3. The molecular weight excluding hydrogens is 512 g/mol. The van der Waals surface area contributed by atoms with Gasteiger partial charge in [-0.15, -0.1) is 0 Å². The fraction of sp³-hybridized carbons (Fsp3) is 0.552. The smallest absolute Gasteiger partial charge is 0.409 e. The van der Waals surface area contributed by atoms with Crippen molar-refractivity contribution in [2.45, 2.75) is 64.0 Å². The zero-order valence-corrected chi connectivity index (χ0v) is 23.2. The van der Waals surface area contributed by atoms with Gasteiger partial charge in [-0.1, -0.05) is 30.3 Å². The number of aromatic nitrogens is 2. The average molecular weight is 553 g/mol. The molecule has 2 aliphatic rings. The maximum atomic E-state index is 13.5. The molecule has 2 aromatic rings. The lowest BCUT2D eigenvalue weighted by Gasteiger charge is -2.36. The molecule has 1 saturated heterocycles. The number of hydrogen-bond acceptors (Lipinski definition) is 8. The van der Waals surface area contributed by atoms with Crippen LogP contribution in [0.1, 0.15) is 62.4 Å². The molecule has 0 spiro atoms. The van der Waals surface area contributed by atoms with Gasteiger partial charge in [-0.3, -0.25) is 9.59 Å². The van der Waals surface area contributed by atoms with E-state index in [1.807, 2.05) is 30.3 Å². The molecule has 1 atom stereocenters. The van der Waals surface area contributed by atoms with Crippen LogP contribution in [0.3, 0.4) is 0 Å². The van der Waals surface area contributed by atoms with Crippen molar-refractivity contribution in [1.29, 1.82) is 0 Å². The van der Waals surface area contributed by atoms with Gasteiger partial charge in [0.25, 0.3) is 5.91 Å². The molecule has 0 radical (unpaired) electrons. The molecule has 1 aliphatic carbocycles. The van der Waals surface area contributed by atoms with Gasteiger partial charge in [0, 0.05) is 37.8 Å². The van der Waals surface area contributed by atoms with Crippen molar-refractivity contribution in [3.63, 3.8) is 0 Å². The van der Waals surface area contributed by atoms with Gasteiger partial charge in [0.1, 0.15) is 17.8 Å². The lowest BCUT2D eigenvalue weighted by Crippen LogP contribution is -2.56. The summed E-state index contributed by atoms with van der Waals surface area (Å²) in [6, 6.07) is 10.2. The van der Waals surface area contributed by atoms with Crippen molar-refractivity contribution in [2.75, 3.05) is 39.3 Å². The van der Waals surface area contributed by atoms with E-state index in [1.165, 1.54) is 0 Å². The summed E-state index contributed by atoms with van der Waals surface area (Å²) in [7, 11) is 0. The third-order valence-electron chi connectivity index (χ3n) is 7.22. The van der Waals surface area contributed by atoms with Gasteiger partial charge in [0.2, 0.25) is 11.8 Å². The Hall–Kier alpha value is -3.73. The third-order valence-corrected chi connectivity index (χ3v) is 7.22. The molecule has 1 saturated carbocycles. The van der Waals surface area contributed by atoms with E-state index in [9.17, 15) is 14.4 Å². The number of ether oxygens (including phenoxy) is 2. The Morgan fingerprint density at radius 3 is 2.40 bits per heavy atom. The maximum Gasteiger partial charge on any atom is 0.409 e. The quantitative estimate of drug-likeness (QED) is 0.406. The number of carbonyl (C=O) groups is 3. The van der Waals surface area contributed by atoms with Gasteiger partial charge in [-0.2, -0.15) is 4.98 Å². The molecule has 3 amide bonds. The topological polar surface area (TPSA) is 140 Å². The summed E-state index contributed by atoms with van der Waals surface area (Å²) in [6.45, 7) is 4.05. The summed E-state index contributed by atoms with van der Waals surface area (Å²) in [6.07, 6.45) is 5.67. The number of rotatable bonds is 11. The molecule has 216 valence electrons. The highest BCUT2D eigenvalue weighted by atomic mass is 16.6. The summed E-state index contributed by atoms with van der Waals surface area (Å²) in [5.74, 6) is 0.0927. The van der Waals surface area contributed by atoms with Gasteiger partial charge in [-0.05, 0) is 58.4 Å². The molecule has 1 aromatic carbocycles. The molecule has 1 unspecified atom stereocenters. The Labute approximate surface area is 235 Å². The number of nitrogens with two attached hydrogens (primary N) is 1. The van der Waals surface area contributed by atoms with Crippen LogP contribution in [-0.4, -0.2) is 89.2 Å². The summed E-state index contributed by atoms with van der Waals surface area (Å²) in [5, 5.41) is 2.92. The molecule has 11 heteroatoms.